The Labute approximate surface area is 105 Å². The maximum absolute atomic E-state index is 11.6. The number of esters is 1. The highest BCUT2D eigenvalue weighted by molar-refractivity contribution is 5.82. The highest BCUT2D eigenvalue weighted by Crippen LogP contribution is 1.96. The normalized spacial score (nSPS) is 10.1. The third-order valence-corrected chi connectivity index (χ3v) is 2.28. The SMILES string of the molecule is CCOC(=O)CCC(=O)Cn1cnc(C)cc1=O. The molecule has 98 valence electrons. The first-order valence-corrected chi connectivity index (χ1v) is 5.73. The number of ketones is 1. The first-order chi connectivity index (χ1) is 8.52. The van der Waals surface area contributed by atoms with Crippen LogP contribution in [-0.4, -0.2) is 27.9 Å². The molecule has 0 amide bonds. The van der Waals surface area contributed by atoms with Gasteiger partial charge in [0, 0.05) is 18.2 Å². The van der Waals surface area contributed by atoms with Crippen molar-refractivity contribution >= 4 is 11.8 Å². The quantitative estimate of drug-likeness (QED) is 0.687. The molecule has 1 aromatic heterocycles. The van der Waals surface area contributed by atoms with Gasteiger partial charge < -0.3 is 4.74 Å². The molecule has 0 radical (unpaired) electrons. The molecular formula is C12H16N2O4. The summed E-state index contributed by atoms with van der Waals surface area (Å²) in [6, 6.07) is 1.36. The minimum Gasteiger partial charge on any atom is -0.466 e. The van der Waals surface area contributed by atoms with Gasteiger partial charge in [-0.1, -0.05) is 0 Å². The third-order valence-electron chi connectivity index (χ3n) is 2.28. The molecule has 1 aromatic rings. The Kier molecular flexibility index (Phi) is 5.23. The first-order valence-electron chi connectivity index (χ1n) is 5.73. The number of aromatic nitrogens is 2. The standard InChI is InChI=1S/C12H16N2O4/c1-3-18-12(17)5-4-10(15)7-14-8-13-9(2)6-11(14)16/h6,8H,3-5,7H2,1-2H3. The summed E-state index contributed by atoms with van der Waals surface area (Å²) in [6.45, 7) is 3.64. The molecule has 6 nitrogen and oxygen atoms in total. The summed E-state index contributed by atoms with van der Waals surface area (Å²) < 4.78 is 5.93. The van der Waals surface area contributed by atoms with Crippen molar-refractivity contribution in [1.82, 2.24) is 9.55 Å². The van der Waals surface area contributed by atoms with Gasteiger partial charge in [-0.25, -0.2) is 4.98 Å². The third kappa shape index (κ3) is 4.48. The Morgan fingerprint density at radius 3 is 2.72 bits per heavy atom. The van der Waals surface area contributed by atoms with Crippen LogP contribution in [0.25, 0.3) is 0 Å². The van der Waals surface area contributed by atoms with E-state index in [2.05, 4.69) is 4.98 Å². The van der Waals surface area contributed by atoms with E-state index in [0.29, 0.717) is 12.3 Å². The summed E-state index contributed by atoms with van der Waals surface area (Å²) in [4.78, 5) is 38.1. The molecule has 0 N–H and O–H groups in total. The Bertz CT molecular complexity index is 493. The second-order valence-corrected chi connectivity index (χ2v) is 3.84. The first kappa shape index (κ1) is 14.1. The van der Waals surface area contributed by atoms with Gasteiger partial charge in [-0.2, -0.15) is 0 Å². The van der Waals surface area contributed by atoms with E-state index in [1.54, 1.807) is 13.8 Å². The van der Waals surface area contributed by atoms with Crippen molar-refractivity contribution in [2.24, 2.45) is 0 Å². The van der Waals surface area contributed by atoms with Crippen LogP contribution in [0.1, 0.15) is 25.5 Å². The zero-order valence-electron chi connectivity index (χ0n) is 10.5. The second-order valence-electron chi connectivity index (χ2n) is 3.84. The monoisotopic (exact) mass is 252 g/mol. The number of nitrogens with zero attached hydrogens (tertiary/aromatic N) is 2. The number of Topliss-reactive ketones (excluding diaryl/α,β-unsaturated/α-hetero) is 1. The number of carbonyl (C=O) groups excluding carboxylic acids is 2. The van der Waals surface area contributed by atoms with Gasteiger partial charge in [0.05, 0.1) is 25.9 Å². The molecule has 0 aliphatic heterocycles. The van der Waals surface area contributed by atoms with Gasteiger partial charge in [0.15, 0.2) is 5.78 Å². The lowest BCUT2D eigenvalue weighted by molar-refractivity contribution is -0.144. The molecule has 0 saturated heterocycles. The van der Waals surface area contributed by atoms with Gasteiger partial charge in [-0.15, -0.1) is 0 Å². The fraction of sp³-hybridized carbons (Fsp3) is 0.500. The lowest BCUT2D eigenvalue weighted by Crippen LogP contribution is -2.24. The molecule has 0 unspecified atom stereocenters. The molecule has 0 bridgehead atoms. The Balaban J connectivity index is 2.50. The van der Waals surface area contributed by atoms with Gasteiger partial charge in [0.2, 0.25) is 0 Å². The molecule has 1 heterocycles. The zero-order chi connectivity index (χ0) is 13.5. The zero-order valence-corrected chi connectivity index (χ0v) is 10.5. The number of carbonyl (C=O) groups is 2. The molecule has 1 rings (SSSR count). The maximum Gasteiger partial charge on any atom is 0.306 e. The number of aryl methyl sites for hydroxylation is 1. The van der Waals surface area contributed by atoms with Crippen LogP contribution in [-0.2, 0) is 20.9 Å². The molecule has 0 aromatic carbocycles. The molecular weight excluding hydrogens is 236 g/mol. The van der Waals surface area contributed by atoms with Crippen LogP contribution >= 0.6 is 0 Å². The topological polar surface area (TPSA) is 78.3 Å². The van der Waals surface area contributed by atoms with Crippen LogP contribution in [0.5, 0.6) is 0 Å². The van der Waals surface area contributed by atoms with Crippen LogP contribution < -0.4 is 5.56 Å². The van der Waals surface area contributed by atoms with E-state index in [1.165, 1.54) is 17.0 Å². The van der Waals surface area contributed by atoms with E-state index >= 15 is 0 Å². The summed E-state index contributed by atoms with van der Waals surface area (Å²) in [5.41, 5.74) is 0.335. The lowest BCUT2D eigenvalue weighted by Gasteiger charge is -2.04. The Morgan fingerprint density at radius 2 is 2.11 bits per heavy atom. The molecule has 0 spiro atoms. The van der Waals surface area contributed by atoms with Crippen LogP contribution in [0.4, 0.5) is 0 Å². The number of ether oxygens (including phenoxy) is 1. The minimum atomic E-state index is -0.403. The summed E-state index contributed by atoms with van der Waals surface area (Å²) in [7, 11) is 0. The van der Waals surface area contributed by atoms with E-state index in [-0.39, 0.29) is 30.7 Å². The predicted molar refractivity (Wildman–Crippen MR) is 64.1 cm³/mol. The summed E-state index contributed by atoms with van der Waals surface area (Å²) >= 11 is 0. The highest BCUT2D eigenvalue weighted by atomic mass is 16.5. The lowest BCUT2D eigenvalue weighted by atomic mass is 10.2. The number of hydrogen-bond acceptors (Lipinski definition) is 5. The minimum absolute atomic E-state index is 0.0424. The van der Waals surface area contributed by atoms with E-state index < -0.39 is 5.97 Å². The van der Waals surface area contributed by atoms with Crippen LogP contribution in [0.2, 0.25) is 0 Å². The van der Waals surface area contributed by atoms with E-state index in [9.17, 15) is 14.4 Å². The molecule has 0 aliphatic carbocycles. The molecule has 6 heteroatoms. The van der Waals surface area contributed by atoms with Crippen molar-refractivity contribution < 1.29 is 14.3 Å². The van der Waals surface area contributed by atoms with Gasteiger partial charge in [-0.05, 0) is 13.8 Å². The van der Waals surface area contributed by atoms with Crippen LogP contribution in [0.3, 0.4) is 0 Å². The van der Waals surface area contributed by atoms with Crippen molar-refractivity contribution in [2.75, 3.05) is 6.61 Å². The summed E-state index contributed by atoms with van der Waals surface area (Å²) in [5.74, 6) is -0.601. The van der Waals surface area contributed by atoms with Crippen molar-refractivity contribution in [2.45, 2.75) is 33.2 Å². The molecule has 0 atom stereocenters. The number of hydrogen-bond donors (Lipinski definition) is 0. The van der Waals surface area contributed by atoms with Gasteiger partial charge in [0.1, 0.15) is 0 Å². The number of rotatable bonds is 6. The summed E-state index contributed by atoms with van der Waals surface area (Å²) in [5, 5.41) is 0. The largest absolute Gasteiger partial charge is 0.466 e. The smallest absolute Gasteiger partial charge is 0.306 e. The van der Waals surface area contributed by atoms with E-state index in [1.807, 2.05) is 0 Å². The van der Waals surface area contributed by atoms with E-state index in [4.69, 9.17) is 4.74 Å². The van der Waals surface area contributed by atoms with Gasteiger partial charge in [-0.3, -0.25) is 19.0 Å². The fourth-order valence-corrected chi connectivity index (χ4v) is 1.38. The average Bonchev–Trinajstić information content (AvgIpc) is 2.31. The van der Waals surface area contributed by atoms with Gasteiger partial charge in [0.25, 0.3) is 5.56 Å². The van der Waals surface area contributed by atoms with Crippen molar-refractivity contribution in [3.63, 3.8) is 0 Å². The van der Waals surface area contributed by atoms with Crippen molar-refractivity contribution in [3.8, 4) is 0 Å². The predicted octanol–water partition coefficient (Wildman–Crippen LogP) is 0.464. The van der Waals surface area contributed by atoms with Crippen LogP contribution in [0, 0.1) is 6.92 Å². The maximum atomic E-state index is 11.6. The molecule has 0 saturated carbocycles. The molecule has 0 fully saturated rings. The molecule has 18 heavy (non-hydrogen) atoms. The average molecular weight is 252 g/mol. The van der Waals surface area contributed by atoms with Crippen LogP contribution in [0.15, 0.2) is 17.2 Å². The fourth-order valence-electron chi connectivity index (χ4n) is 1.38. The molecule has 0 aliphatic rings. The van der Waals surface area contributed by atoms with Crippen molar-refractivity contribution in [3.05, 3.63) is 28.4 Å². The van der Waals surface area contributed by atoms with Crippen molar-refractivity contribution in [1.29, 1.82) is 0 Å². The Morgan fingerprint density at radius 1 is 1.39 bits per heavy atom. The highest BCUT2D eigenvalue weighted by Gasteiger charge is 2.09. The van der Waals surface area contributed by atoms with E-state index in [0.717, 1.165) is 0 Å². The Hall–Kier alpha value is -1.98. The van der Waals surface area contributed by atoms with Gasteiger partial charge >= 0.3 is 5.97 Å². The summed E-state index contributed by atoms with van der Waals surface area (Å²) in [6.07, 6.45) is 1.44. The second kappa shape index (κ2) is 6.68.